The molecule has 13 heavy (non-hydrogen) atoms. The Morgan fingerprint density at radius 2 is 2.15 bits per heavy atom. The molecule has 0 fully saturated rings. The minimum atomic E-state index is -4.77. The first kappa shape index (κ1) is 9.72. The van der Waals surface area contributed by atoms with Crippen molar-refractivity contribution in [3.63, 3.8) is 0 Å². The van der Waals surface area contributed by atoms with Gasteiger partial charge in [0.15, 0.2) is 0 Å². The Bertz CT molecular complexity index is 448. The Hall–Kier alpha value is -1.37. The van der Waals surface area contributed by atoms with E-state index in [1.165, 1.54) is 7.05 Å². The fourth-order valence-corrected chi connectivity index (χ4v) is 1.45. The molecule has 1 rings (SSSR count). The normalized spacial score (nSPS) is 11.5. The van der Waals surface area contributed by atoms with Crippen LogP contribution in [0.4, 0.5) is 3.89 Å². The zero-order valence-corrected chi connectivity index (χ0v) is 7.51. The number of amides is 1. The van der Waals surface area contributed by atoms with Crippen LogP contribution in [0.15, 0.2) is 17.2 Å². The molecule has 0 aliphatic heterocycles. The van der Waals surface area contributed by atoms with E-state index in [1.807, 2.05) is 0 Å². The molecule has 1 aromatic heterocycles. The fourth-order valence-electron chi connectivity index (χ4n) is 0.913. The Morgan fingerprint density at radius 1 is 1.62 bits per heavy atom. The van der Waals surface area contributed by atoms with Crippen LogP contribution in [0.2, 0.25) is 0 Å². The third-order valence-electron chi connectivity index (χ3n) is 1.51. The molecule has 72 valence electrons. The van der Waals surface area contributed by atoms with E-state index < -0.39 is 21.0 Å². The number of aromatic nitrogens is 1. The maximum absolute atomic E-state index is 12.4. The summed E-state index contributed by atoms with van der Waals surface area (Å²) in [6, 6.07) is 0.887. The van der Waals surface area contributed by atoms with E-state index in [4.69, 9.17) is 5.73 Å². The lowest BCUT2D eigenvalue weighted by Gasteiger charge is -1.93. The van der Waals surface area contributed by atoms with Crippen LogP contribution in [-0.2, 0) is 17.3 Å². The van der Waals surface area contributed by atoms with Crippen molar-refractivity contribution in [2.24, 2.45) is 12.8 Å². The third kappa shape index (κ3) is 1.86. The second-order valence-electron chi connectivity index (χ2n) is 2.47. The number of nitrogens with two attached hydrogens (primary N) is 1. The molecule has 1 aromatic rings. The van der Waals surface area contributed by atoms with E-state index in [9.17, 15) is 17.1 Å². The number of carbonyl (C=O) groups is 1. The first-order chi connectivity index (χ1) is 5.82. The van der Waals surface area contributed by atoms with Crippen LogP contribution >= 0.6 is 0 Å². The average molecular weight is 206 g/mol. The Kier molecular flexibility index (Phi) is 2.12. The maximum Gasteiger partial charge on any atom is 0.333 e. The van der Waals surface area contributed by atoms with Gasteiger partial charge in [-0.3, -0.25) is 4.79 Å². The van der Waals surface area contributed by atoms with Gasteiger partial charge in [0.2, 0.25) is 0 Å². The summed E-state index contributed by atoms with van der Waals surface area (Å²) in [4.78, 5) is 10.1. The van der Waals surface area contributed by atoms with E-state index in [-0.39, 0.29) is 5.69 Å². The van der Waals surface area contributed by atoms with Crippen molar-refractivity contribution in [3.05, 3.63) is 18.0 Å². The molecule has 1 heterocycles. The summed E-state index contributed by atoms with van der Waals surface area (Å²) in [5.74, 6) is -0.808. The van der Waals surface area contributed by atoms with Crippen molar-refractivity contribution in [2.75, 3.05) is 0 Å². The molecule has 5 nitrogen and oxygen atoms in total. The van der Waals surface area contributed by atoms with Gasteiger partial charge in [-0.1, -0.05) is 0 Å². The molecule has 0 aromatic carbocycles. The monoisotopic (exact) mass is 206 g/mol. The van der Waals surface area contributed by atoms with Gasteiger partial charge in [-0.15, -0.1) is 3.89 Å². The van der Waals surface area contributed by atoms with Gasteiger partial charge in [-0.05, 0) is 6.07 Å². The van der Waals surface area contributed by atoms with E-state index >= 15 is 0 Å². The molecule has 0 aliphatic rings. The molecule has 0 unspecified atom stereocenters. The number of halogens is 1. The molecule has 1 amide bonds. The second kappa shape index (κ2) is 2.84. The van der Waals surface area contributed by atoms with Crippen LogP contribution in [0.25, 0.3) is 0 Å². The predicted octanol–water partition coefficient (Wildman–Crippen LogP) is -0.218. The van der Waals surface area contributed by atoms with Crippen molar-refractivity contribution in [1.29, 1.82) is 0 Å². The van der Waals surface area contributed by atoms with Crippen molar-refractivity contribution >= 4 is 16.1 Å². The largest absolute Gasteiger partial charge is 0.364 e. The molecular formula is C6H7FN2O3S. The molecule has 7 heteroatoms. The first-order valence-corrected chi connectivity index (χ1v) is 4.61. The summed E-state index contributed by atoms with van der Waals surface area (Å²) < 4.78 is 34.3. The number of primary amides is 1. The van der Waals surface area contributed by atoms with Crippen LogP contribution in [0, 0.1) is 0 Å². The molecule has 0 radical (unpaired) electrons. The van der Waals surface area contributed by atoms with E-state index in [0.29, 0.717) is 0 Å². The zero-order chi connectivity index (χ0) is 10.2. The standard InChI is InChI=1S/C6H7FN2O3S/c1-9-3-4(13(7,11)12)2-5(9)6(8)10/h2-3H,1H3,(H2,8,10). The van der Waals surface area contributed by atoms with Crippen molar-refractivity contribution in [1.82, 2.24) is 4.57 Å². The van der Waals surface area contributed by atoms with Crippen LogP contribution < -0.4 is 5.73 Å². The molecule has 0 atom stereocenters. The van der Waals surface area contributed by atoms with Crippen molar-refractivity contribution < 1.29 is 17.1 Å². The number of aryl methyl sites for hydroxylation is 1. The third-order valence-corrected chi connectivity index (χ3v) is 2.30. The van der Waals surface area contributed by atoms with E-state index in [2.05, 4.69) is 0 Å². The zero-order valence-electron chi connectivity index (χ0n) is 6.69. The lowest BCUT2D eigenvalue weighted by molar-refractivity contribution is 0.0992. The topological polar surface area (TPSA) is 82.2 Å². The van der Waals surface area contributed by atoms with Gasteiger partial charge in [-0.2, -0.15) is 8.42 Å². The smallest absolute Gasteiger partial charge is 0.333 e. The minimum Gasteiger partial charge on any atom is -0.364 e. The first-order valence-electron chi connectivity index (χ1n) is 3.23. The van der Waals surface area contributed by atoms with Crippen molar-refractivity contribution in [2.45, 2.75) is 4.90 Å². The molecule has 0 saturated carbocycles. The highest BCUT2D eigenvalue weighted by atomic mass is 32.3. The summed E-state index contributed by atoms with van der Waals surface area (Å²) in [5.41, 5.74) is 4.84. The quantitative estimate of drug-likeness (QED) is 0.679. The molecule has 0 aliphatic carbocycles. The Labute approximate surface area is 74.2 Å². The Morgan fingerprint density at radius 3 is 2.38 bits per heavy atom. The molecule has 0 saturated heterocycles. The highest BCUT2D eigenvalue weighted by Gasteiger charge is 2.17. The fraction of sp³-hybridized carbons (Fsp3) is 0.167. The number of nitrogens with zero attached hydrogens (tertiary/aromatic N) is 1. The summed E-state index contributed by atoms with van der Waals surface area (Å²) in [5, 5.41) is 0. The van der Waals surface area contributed by atoms with Gasteiger partial charge in [0.1, 0.15) is 10.6 Å². The summed E-state index contributed by atoms with van der Waals surface area (Å²) in [6.07, 6.45) is 0.982. The molecule has 0 bridgehead atoms. The average Bonchev–Trinajstić information content (AvgIpc) is 2.29. The Balaban J connectivity index is 3.33. The van der Waals surface area contributed by atoms with Gasteiger partial charge < -0.3 is 10.3 Å². The maximum atomic E-state index is 12.4. The van der Waals surface area contributed by atoms with Gasteiger partial charge >= 0.3 is 10.2 Å². The lowest BCUT2D eigenvalue weighted by Crippen LogP contribution is -2.14. The lowest BCUT2D eigenvalue weighted by atomic mass is 10.4. The minimum absolute atomic E-state index is 0.0591. The predicted molar refractivity (Wildman–Crippen MR) is 42.2 cm³/mol. The van der Waals surface area contributed by atoms with Crippen LogP contribution in [0.1, 0.15) is 10.5 Å². The van der Waals surface area contributed by atoms with E-state index in [0.717, 1.165) is 16.8 Å². The van der Waals surface area contributed by atoms with Gasteiger partial charge in [0.05, 0.1) is 0 Å². The SMILES string of the molecule is Cn1cc(S(=O)(=O)F)cc1C(N)=O. The van der Waals surface area contributed by atoms with E-state index in [1.54, 1.807) is 0 Å². The van der Waals surface area contributed by atoms with Crippen LogP contribution in [0.3, 0.4) is 0 Å². The number of hydrogen-bond donors (Lipinski definition) is 1. The van der Waals surface area contributed by atoms with Crippen LogP contribution in [-0.4, -0.2) is 18.9 Å². The van der Waals surface area contributed by atoms with Crippen LogP contribution in [0.5, 0.6) is 0 Å². The number of carbonyl (C=O) groups excluding carboxylic acids is 1. The summed E-state index contributed by atoms with van der Waals surface area (Å²) in [7, 11) is -3.37. The molecule has 2 N–H and O–H groups in total. The summed E-state index contributed by atoms with van der Waals surface area (Å²) >= 11 is 0. The highest BCUT2D eigenvalue weighted by Crippen LogP contribution is 2.14. The van der Waals surface area contributed by atoms with Crippen molar-refractivity contribution in [3.8, 4) is 0 Å². The van der Waals surface area contributed by atoms with Gasteiger partial charge in [0.25, 0.3) is 5.91 Å². The van der Waals surface area contributed by atoms with Gasteiger partial charge in [-0.25, -0.2) is 0 Å². The molecule has 0 spiro atoms. The number of hydrogen-bond acceptors (Lipinski definition) is 3. The second-order valence-corrected chi connectivity index (χ2v) is 3.82. The number of rotatable bonds is 2. The molecular weight excluding hydrogens is 199 g/mol. The summed E-state index contributed by atoms with van der Waals surface area (Å²) in [6.45, 7) is 0. The highest BCUT2D eigenvalue weighted by molar-refractivity contribution is 7.86. The van der Waals surface area contributed by atoms with Gasteiger partial charge in [0, 0.05) is 13.2 Å².